The van der Waals surface area contributed by atoms with Gasteiger partial charge >= 0.3 is 5.97 Å². The zero-order valence-corrected chi connectivity index (χ0v) is 9.43. The second-order valence-corrected chi connectivity index (χ2v) is 4.39. The van der Waals surface area contributed by atoms with Crippen LogP contribution in [0.25, 0.3) is 0 Å². The normalized spacial score (nSPS) is 26.5. The van der Waals surface area contributed by atoms with E-state index in [1.165, 1.54) is 19.3 Å². The first-order chi connectivity index (χ1) is 6.62. The average Bonchev–Trinajstić information content (AvgIpc) is 2.06. The van der Waals surface area contributed by atoms with Crippen LogP contribution >= 0.6 is 12.4 Å². The number of likely N-dealkylation sites (tertiary alicyclic amines) is 1. The molecular formula is C10H17ClFNO2. The molecule has 15 heavy (non-hydrogen) atoms. The Labute approximate surface area is 95.0 Å². The first-order valence-electron chi connectivity index (χ1n) is 5.28. The fourth-order valence-corrected chi connectivity index (χ4v) is 2.21. The molecule has 0 bridgehead atoms. The van der Waals surface area contributed by atoms with Crippen LogP contribution < -0.4 is 0 Å². The molecule has 0 spiro atoms. The highest BCUT2D eigenvalue weighted by atomic mass is 35.5. The summed E-state index contributed by atoms with van der Waals surface area (Å²) in [5.74, 6) is -1.29. The number of piperidine rings is 1. The number of carboxylic acids is 1. The molecule has 1 heterocycles. The Bertz CT molecular complexity index is 238. The van der Waals surface area contributed by atoms with E-state index in [0.29, 0.717) is 19.1 Å². The number of aliphatic carboxylic acids is 1. The van der Waals surface area contributed by atoms with E-state index in [4.69, 9.17) is 5.11 Å². The van der Waals surface area contributed by atoms with E-state index in [1.54, 1.807) is 0 Å². The maximum Gasteiger partial charge on any atom is 0.341 e. The number of rotatable bonds is 2. The van der Waals surface area contributed by atoms with Crippen molar-refractivity contribution >= 4 is 18.4 Å². The Balaban J connectivity index is 0.00000112. The maximum absolute atomic E-state index is 13.6. The van der Waals surface area contributed by atoms with Gasteiger partial charge in [-0.15, -0.1) is 12.4 Å². The standard InChI is InChI=1S/C10H16FNO2.ClH/c11-10(9(13)14)4-6-12(7-5-10)8-2-1-3-8;/h8H,1-7H2,(H,13,14);1H. The van der Waals surface area contributed by atoms with Gasteiger partial charge in [-0.05, 0) is 12.8 Å². The van der Waals surface area contributed by atoms with Crippen LogP contribution in [0.4, 0.5) is 4.39 Å². The lowest BCUT2D eigenvalue weighted by molar-refractivity contribution is -0.155. The zero-order chi connectivity index (χ0) is 10.2. The summed E-state index contributed by atoms with van der Waals surface area (Å²) in [4.78, 5) is 12.9. The summed E-state index contributed by atoms with van der Waals surface area (Å²) in [5, 5.41) is 8.70. The Morgan fingerprint density at radius 1 is 1.33 bits per heavy atom. The summed E-state index contributed by atoms with van der Waals surface area (Å²) in [6.45, 7) is 1.21. The van der Waals surface area contributed by atoms with Gasteiger partial charge in [-0.2, -0.15) is 0 Å². The number of carbonyl (C=O) groups is 1. The van der Waals surface area contributed by atoms with Crippen molar-refractivity contribution in [1.29, 1.82) is 0 Å². The first kappa shape index (κ1) is 12.7. The highest BCUT2D eigenvalue weighted by Gasteiger charge is 2.43. The monoisotopic (exact) mass is 237 g/mol. The van der Waals surface area contributed by atoms with Crippen LogP contribution in [-0.4, -0.2) is 40.8 Å². The molecule has 5 heteroatoms. The Morgan fingerprint density at radius 2 is 1.87 bits per heavy atom. The van der Waals surface area contributed by atoms with Crippen LogP contribution in [0.15, 0.2) is 0 Å². The van der Waals surface area contributed by atoms with Crippen molar-refractivity contribution in [3.63, 3.8) is 0 Å². The van der Waals surface area contributed by atoms with Crippen molar-refractivity contribution in [2.75, 3.05) is 13.1 Å². The van der Waals surface area contributed by atoms with Crippen molar-refractivity contribution in [1.82, 2.24) is 4.90 Å². The first-order valence-corrected chi connectivity index (χ1v) is 5.28. The Kier molecular flexibility index (Phi) is 3.95. The number of carboxylic acid groups (broad SMARTS) is 1. The molecule has 1 N–H and O–H groups in total. The topological polar surface area (TPSA) is 40.5 Å². The molecule has 2 rings (SSSR count). The quantitative estimate of drug-likeness (QED) is 0.797. The van der Waals surface area contributed by atoms with Gasteiger partial charge in [0.1, 0.15) is 0 Å². The van der Waals surface area contributed by atoms with E-state index < -0.39 is 11.6 Å². The van der Waals surface area contributed by atoms with Gasteiger partial charge in [-0.1, -0.05) is 6.42 Å². The summed E-state index contributed by atoms with van der Waals surface area (Å²) in [6, 6.07) is 0.605. The minimum Gasteiger partial charge on any atom is -0.479 e. The van der Waals surface area contributed by atoms with Crippen molar-refractivity contribution in [2.24, 2.45) is 0 Å². The van der Waals surface area contributed by atoms with Gasteiger partial charge in [0.15, 0.2) is 0 Å². The van der Waals surface area contributed by atoms with Crippen LogP contribution in [0.3, 0.4) is 0 Å². The van der Waals surface area contributed by atoms with Crippen molar-refractivity contribution in [2.45, 2.75) is 43.8 Å². The van der Waals surface area contributed by atoms with E-state index in [1.807, 2.05) is 0 Å². The third-order valence-electron chi connectivity index (χ3n) is 3.56. The molecule has 0 unspecified atom stereocenters. The molecule has 2 fully saturated rings. The minimum absolute atomic E-state index is 0. The van der Waals surface area contributed by atoms with E-state index in [0.717, 1.165) is 0 Å². The summed E-state index contributed by atoms with van der Waals surface area (Å²) in [6.07, 6.45) is 3.97. The van der Waals surface area contributed by atoms with Crippen molar-refractivity contribution in [3.05, 3.63) is 0 Å². The van der Waals surface area contributed by atoms with Crippen LogP contribution in [-0.2, 0) is 4.79 Å². The molecule has 0 amide bonds. The second kappa shape index (κ2) is 4.66. The van der Waals surface area contributed by atoms with Gasteiger partial charge in [0.25, 0.3) is 0 Å². The van der Waals surface area contributed by atoms with Crippen LogP contribution in [0.2, 0.25) is 0 Å². The lowest BCUT2D eigenvalue weighted by Crippen LogP contribution is -2.51. The van der Waals surface area contributed by atoms with Gasteiger partial charge in [0.05, 0.1) is 0 Å². The molecule has 1 aliphatic heterocycles. The van der Waals surface area contributed by atoms with Crippen molar-refractivity contribution < 1.29 is 14.3 Å². The van der Waals surface area contributed by atoms with E-state index in [-0.39, 0.29) is 25.2 Å². The summed E-state index contributed by atoms with van der Waals surface area (Å²) in [7, 11) is 0. The number of hydrogen-bond donors (Lipinski definition) is 1. The van der Waals surface area contributed by atoms with Crippen molar-refractivity contribution in [3.8, 4) is 0 Å². The summed E-state index contributed by atoms with van der Waals surface area (Å²) < 4.78 is 13.6. The molecule has 1 saturated carbocycles. The third kappa shape index (κ3) is 2.42. The van der Waals surface area contributed by atoms with Gasteiger partial charge in [0, 0.05) is 32.0 Å². The molecule has 0 aromatic rings. The highest BCUT2D eigenvalue weighted by molar-refractivity contribution is 5.85. The minimum atomic E-state index is -1.96. The Morgan fingerprint density at radius 3 is 2.20 bits per heavy atom. The van der Waals surface area contributed by atoms with E-state index >= 15 is 0 Å². The SMILES string of the molecule is Cl.O=C(O)C1(F)CCN(C2CCC2)CC1. The van der Waals surface area contributed by atoms with Gasteiger partial charge < -0.3 is 10.0 Å². The molecule has 1 saturated heterocycles. The fraction of sp³-hybridized carbons (Fsp3) is 0.900. The number of alkyl halides is 1. The molecular weight excluding hydrogens is 221 g/mol. The van der Waals surface area contributed by atoms with Gasteiger partial charge in [-0.3, -0.25) is 0 Å². The second-order valence-electron chi connectivity index (χ2n) is 4.39. The lowest BCUT2D eigenvalue weighted by Gasteiger charge is -2.42. The summed E-state index contributed by atoms with van der Waals surface area (Å²) in [5.41, 5.74) is -1.96. The van der Waals surface area contributed by atoms with Crippen LogP contribution in [0.1, 0.15) is 32.1 Å². The number of nitrogens with zero attached hydrogens (tertiary/aromatic N) is 1. The largest absolute Gasteiger partial charge is 0.479 e. The molecule has 0 atom stereocenters. The molecule has 88 valence electrons. The molecule has 3 nitrogen and oxygen atoms in total. The Hall–Kier alpha value is -0.350. The van der Waals surface area contributed by atoms with Crippen LogP contribution in [0, 0.1) is 0 Å². The molecule has 0 radical (unpaired) electrons. The van der Waals surface area contributed by atoms with Crippen LogP contribution in [0.5, 0.6) is 0 Å². The number of halogens is 2. The van der Waals surface area contributed by atoms with E-state index in [9.17, 15) is 9.18 Å². The molecule has 2 aliphatic rings. The summed E-state index contributed by atoms with van der Waals surface area (Å²) >= 11 is 0. The predicted octanol–water partition coefficient (Wildman–Crippen LogP) is 1.85. The zero-order valence-electron chi connectivity index (χ0n) is 8.62. The highest BCUT2D eigenvalue weighted by Crippen LogP contribution is 2.32. The number of hydrogen-bond acceptors (Lipinski definition) is 2. The molecule has 0 aromatic heterocycles. The van der Waals surface area contributed by atoms with Gasteiger partial charge in [-0.25, -0.2) is 9.18 Å². The van der Waals surface area contributed by atoms with E-state index in [2.05, 4.69) is 4.90 Å². The smallest absolute Gasteiger partial charge is 0.341 e. The van der Waals surface area contributed by atoms with Gasteiger partial charge in [0.2, 0.25) is 5.67 Å². The molecule has 1 aliphatic carbocycles. The average molecular weight is 238 g/mol. The maximum atomic E-state index is 13.6. The molecule has 0 aromatic carbocycles. The third-order valence-corrected chi connectivity index (χ3v) is 3.56. The predicted molar refractivity (Wildman–Crippen MR) is 57.2 cm³/mol. The fourth-order valence-electron chi connectivity index (χ4n) is 2.21. The lowest BCUT2D eigenvalue weighted by atomic mass is 9.87.